The van der Waals surface area contributed by atoms with E-state index in [4.69, 9.17) is 0 Å². The molecule has 2 aromatic heterocycles. The van der Waals surface area contributed by atoms with Gasteiger partial charge in [-0.15, -0.1) is 0 Å². The van der Waals surface area contributed by atoms with Gasteiger partial charge in [-0.1, -0.05) is 6.92 Å². The van der Waals surface area contributed by atoms with E-state index in [0.29, 0.717) is 18.8 Å². The number of imidazole rings is 1. The Kier molecular flexibility index (Phi) is 4.01. The SMILES string of the molecule is CCc1ncc(S(=O)(=O)NC(C)Cn2cccn2)[nH]1. The Hall–Kier alpha value is -1.67. The number of nitrogens with one attached hydrogen (secondary N) is 2. The van der Waals surface area contributed by atoms with Gasteiger partial charge in [0.05, 0.1) is 12.7 Å². The smallest absolute Gasteiger partial charge is 0.257 e. The van der Waals surface area contributed by atoms with Crippen LogP contribution in [0.15, 0.2) is 29.7 Å². The molecule has 0 radical (unpaired) electrons. The molecule has 2 N–H and O–H groups in total. The fraction of sp³-hybridized carbons (Fsp3) is 0.455. The van der Waals surface area contributed by atoms with Gasteiger partial charge >= 0.3 is 0 Å². The average molecular weight is 283 g/mol. The Balaban J connectivity index is 2.04. The molecule has 0 saturated carbocycles. The number of hydrogen-bond donors (Lipinski definition) is 2. The maximum Gasteiger partial charge on any atom is 0.257 e. The zero-order chi connectivity index (χ0) is 13.9. The van der Waals surface area contributed by atoms with E-state index in [2.05, 4.69) is 19.8 Å². The predicted octanol–water partition coefficient (Wildman–Crippen LogP) is 0.536. The molecule has 2 heterocycles. The van der Waals surface area contributed by atoms with Crippen LogP contribution in [-0.2, 0) is 23.0 Å². The van der Waals surface area contributed by atoms with Gasteiger partial charge in [-0.2, -0.15) is 5.10 Å². The molecule has 7 nitrogen and oxygen atoms in total. The van der Waals surface area contributed by atoms with Crippen LogP contribution in [0.3, 0.4) is 0 Å². The largest absolute Gasteiger partial charge is 0.332 e. The maximum atomic E-state index is 12.1. The van der Waals surface area contributed by atoms with Crippen molar-refractivity contribution < 1.29 is 8.42 Å². The van der Waals surface area contributed by atoms with Crippen molar-refractivity contribution in [3.05, 3.63) is 30.5 Å². The standard InChI is InChI=1S/C11H17N5O2S/c1-3-10-12-7-11(14-10)19(17,18)15-9(2)8-16-6-4-5-13-16/h4-7,9,15H,3,8H2,1-2H3,(H,12,14). The number of rotatable bonds is 6. The summed E-state index contributed by atoms with van der Waals surface area (Å²) in [7, 11) is -3.56. The van der Waals surface area contributed by atoms with E-state index in [0.717, 1.165) is 0 Å². The molecular formula is C11H17N5O2S. The highest BCUT2D eigenvalue weighted by Gasteiger charge is 2.19. The molecule has 1 unspecified atom stereocenters. The van der Waals surface area contributed by atoms with Crippen LogP contribution in [0.5, 0.6) is 0 Å². The number of hydrogen-bond acceptors (Lipinski definition) is 4. The zero-order valence-corrected chi connectivity index (χ0v) is 11.7. The van der Waals surface area contributed by atoms with E-state index in [1.165, 1.54) is 6.20 Å². The molecule has 1 atom stereocenters. The van der Waals surface area contributed by atoms with Crippen LogP contribution in [0, 0.1) is 0 Å². The monoisotopic (exact) mass is 283 g/mol. The minimum Gasteiger partial charge on any atom is -0.332 e. The summed E-state index contributed by atoms with van der Waals surface area (Å²) in [6.07, 6.45) is 5.44. The van der Waals surface area contributed by atoms with Gasteiger partial charge in [-0.25, -0.2) is 18.1 Å². The van der Waals surface area contributed by atoms with Crippen molar-refractivity contribution in [3.63, 3.8) is 0 Å². The number of sulfonamides is 1. The number of aromatic amines is 1. The molecule has 8 heteroatoms. The lowest BCUT2D eigenvalue weighted by Crippen LogP contribution is -2.36. The molecule has 0 aromatic carbocycles. The Bertz CT molecular complexity index is 617. The maximum absolute atomic E-state index is 12.1. The molecule has 19 heavy (non-hydrogen) atoms. The summed E-state index contributed by atoms with van der Waals surface area (Å²) >= 11 is 0. The summed E-state index contributed by atoms with van der Waals surface area (Å²) in [6.45, 7) is 4.17. The van der Waals surface area contributed by atoms with Crippen LogP contribution in [0.1, 0.15) is 19.7 Å². The van der Waals surface area contributed by atoms with Gasteiger partial charge in [0.15, 0.2) is 5.03 Å². The predicted molar refractivity (Wildman–Crippen MR) is 70.0 cm³/mol. The second kappa shape index (κ2) is 5.54. The Labute approximate surface area is 112 Å². The van der Waals surface area contributed by atoms with E-state index in [1.807, 2.05) is 6.92 Å². The third kappa shape index (κ3) is 3.42. The average Bonchev–Trinajstić information content (AvgIpc) is 2.97. The zero-order valence-electron chi connectivity index (χ0n) is 10.9. The molecule has 0 bridgehead atoms. The second-order valence-electron chi connectivity index (χ2n) is 4.30. The molecule has 0 aliphatic carbocycles. The topological polar surface area (TPSA) is 92.7 Å². The van der Waals surface area contributed by atoms with Crippen molar-refractivity contribution in [2.24, 2.45) is 0 Å². The van der Waals surface area contributed by atoms with Crippen molar-refractivity contribution in [2.45, 2.75) is 37.9 Å². The van der Waals surface area contributed by atoms with Crippen LogP contribution in [0.4, 0.5) is 0 Å². The Morgan fingerprint density at radius 1 is 1.53 bits per heavy atom. The number of aryl methyl sites for hydroxylation is 1. The molecule has 104 valence electrons. The number of H-pyrrole nitrogens is 1. The summed E-state index contributed by atoms with van der Waals surface area (Å²) in [4.78, 5) is 6.78. The van der Waals surface area contributed by atoms with Crippen LogP contribution in [0.2, 0.25) is 0 Å². The Morgan fingerprint density at radius 2 is 2.32 bits per heavy atom. The summed E-state index contributed by atoms with van der Waals surface area (Å²) in [6, 6.07) is 1.53. The normalized spacial score (nSPS) is 13.6. The highest BCUT2D eigenvalue weighted by molar-refractivity contribution is 7.89. The van der Waals surface area contributed by atoms with Crippen molar-refractivity contribution in [2.75, 3.05) is 0 Å². The molecule has 2 aromatic rings. The van der Waals surface area contributed by atoms with E-state index >= 15 is 0 Å². The van der Waals surface area contributed by atoms with Gasteiger partial charge in [-0.05, 0) is 13.0 Å². The second-order valence-corrected chi connectivity index (χ2v) is 5.98. The number of nitrogens with zero attached hydrogens (tertiary/aromatic N) is 3. The first kappa shape index (κ1) is 13.8. The summed E-state index contributed by atoms with van der Waals surface area (Å²) in [5.74, 6) is 0.653. The molecule has 2 rings (SSSR count). The summed E-state index contributed by atoms with van der Waals surface area (Å²) in [5, 5.41) is 4.13. The first-order chi connectivity index (χ1) is 9.01. The van der Waals surface area contributed by atoms with Gasteiger partial charge < -0.3 is 4.98 Å². The van der Waals surface area contributed by atoms with Gasteiger partial charge in [0, 0.05) is 24.9 Å². The summed E-state index contributed by atoms with van der Waals surface area (Å²) < 4.78 is 28.4. The molecule has 0 fully saturated rings. The van der Waals surface area contributed by atoms with Crippen molar-refractivity contribution >= 4 is 10.0 Å². The molecule has 0 saturated heterocycles. The van der Waals surface area contributed by atoms with Crippen molar-refractivity contribution in [3.8, 4) is 0 Å². The van der Waals surface area contributed by atoms with Gasteiger partial charge in [0.25, 0.3) is 10.0 Å². The number of aromatic nitrogens is 4. The lowest BCUT2D eigenvalue weighted by molar-refractivity contribution is 0.493. The van der Waals surface area contributed by atoms with Gasteiger partial charge in [0.1, 0.15) is 5.82 Å². The van der Waals surface area contributed by atoms with E-state index < -0.39 is 10.0 Å². The first-order valence-electron chi connectivity index (χ1n) is 6.05. The lowest BCUT2D eigenvalue weighted by atomic mass is 10.4. The molecular weight excluding hydrogens is 266 g/mol. The van der Waals surface area contributed by atoms with E-state index in [9.17, 15) is 8.42 Å². The highest BCUT2D eigenvalue weighted by atomic mass is 32.2. The van der Waals surface area contributed by atoms with Crippen molar-refractivity contribution in [1.82, 2.24) is 24.5 Å². The fourth-order valence-corrected chi connectivity index (χ4v) is 2.89. The third-order valence-corrected chi connectivity index (χ3v) is 4.11. The van der Waals surface area contributed by atoms with Gasteiger partial charge in [0.2, 0.25) is 0 Å². The molecule has 0 aliphatic rings. The van der Waals surface area contributed by atoms with Crippen LogP contribution in [-0.4, -0.2) is 34.2 Å². The minimum atomic E-state index is -3.56. The minimum absolute atomic E-state index is 0.0941. The lowest BCUT2D eigenvalue weighted by Gasteiger charge is -2.13. The van der Waals surface area contributed by atoms with Crippen LogP contribution in [0.25, 0.3) is 0 Å². The van der Waals surface area contributed by atoms with Crippen LogP contribution >= 0.6 is 0 Å². The van der Waals surface area contributed by atoms with Gasteiger partial charge in [-0.3, -0.25) is 4.68 Å². The Morgan fingerprint density at radius 3 is 2.89 bits per heavy atom. The van der Waals surface area contributed by atoms with Crippen LogP contribution < -0.4 is 4.72 Å². The summed E-state index contributed by atoms with van der Waals surface area (Å²) in [5.41, 5.74) is 0. The van der Waals surface area contributed by atoms with E-state index in [1.54, 1.807) is 30.1 Å². The molecule has 0 spiro atoms. The molecule has 0 amide bonds. The highest BCUT2D eigenvalue weighted by Crippen LogP contribution is 2.07. The van der Waals surface area contributed by atoms with Crippen molar-refractivity contribution in [1.29, 1.82) is 0 Å². The van der Waals surface area contributed by atoms with E-state index in [-0.39, 0.29) is 11.1 Å². The first-order valence-corrected chi connectivity index (χ1v) is 7.53. The quantitative estimate of drug-likeness (QED) is 0.809. The molecule has 0 aliphatic heterocycles. The third-order valence-electron chi connectivity index (χ3n) is 2.61. The fourth-order valence-electron chi connectivity index (χ4n) is 1.71.